The average Bonchev–Trinajstić information content (AvgIpc) is 2.76. The maximum atomic E-state index is 10.3. The molecule has 0 aliphatic carbocycles. The molecule has 8 heteroatoms. The first-order valence-electron chi connectivity index (χ1n) is 4.10. The number of hydrogen-bond acceptors (Lipinski definition) is 6. The quantitative estimate of drug-likeness (QED) is 0.574. The second-order valence-corrected chi connectivity index (χ2v) is 3.92. The molecule has 78 valence electrons. The topological polar surface area (TPSA) is 86.7 Å². The smallest absolute Gasteiger partial charge is 0.390 e. The molecule has 7 nitrogen and oxygen atoms in total. The van der Waals surface area contributed by atoms with E-state index in [4.69, 9.17) is 0 Å². The van der Waals surface area contributed by atoms with Gasteiger partial charge in [-0.05, 0) is 11.8 Å². The molecular weight excluding hydrogens is 218 g/mol. The highest BCUT2D eigenvalue weighted by atomic mass is 32.1. The summed E-state index contributed by atoms with van der Waals surface area (Å²) in [4.78, 5) is 17.5. The van der Waals surface area contributed by atoms with Crippen molar-refractivity contribution in [2.45, 2.75) is 13.5 Å². The third kappa shape index (κ3) is 2.15. The number of thiazole rings is 1. The van der Waals surface area contributed by atoms with Gasteiger partial charge < -0.3 is 10.1 Å². The van der Waals surface area contributed by atoms with E-state index in [0.29, 0.717) is 6.54 Å². The highest BCUT2D eigenvalue weighted by Gasteiger charge is 2.13. The van der Waals surface area contributed by atoms with E-state index in [1.54, 1.807) is 0 Å². The van der Waals surface area contributed by atoms with Crippen LogP contribution in [0.1, 0.15) is 10.7 Å². The van der Waals surface area contributed by atoms with Gasteiger partial charge in [0.05, 0.1) is 10.7 Å². The van der Waals surface area contributed by atoms with Gasteiger partial charge in [0.25, 0.3) is 0 Å². The zero-order chi connectivity index (χ0) is 10.8. The molecule has 0 bridgehead atoms. The SMILES string of the molecule is Cc1nc(Cn2cnc([N+](=O)[O-])n2)cs1. The maximum absolute atomic E-state index is 10.3. The van der Waals surface area contributed by atoms with Crippen molar-refractivity contribution >= 4 is 17.3 Å². The summed E-state index contributed by atoms with van der Waals surface area (Å²) in [5.74, 6) is -0.387. The summed E-state index contributed by atoms with van der Waals surface area (Å²) in [5.41, 5.74) is 0.831. The van der Waals surface area contributed by atoms with E-state index < -0.39 is 4.92 Å². The summed E-state index contributed by atoms with van der Waals surface area (Å²) in [5, 5.41) is 16.9. The van der Waals surface area contributed by atoms with Gasteiger partial charge in [-0.25, -0.2) is 4.98 Å². The summed E-state index contributed by atoms with van der Waals surface area (Å²) < 4.78 is 1.40. The number of hydrogen-bond donors (Lipinski definition) is 0. The van der Waals surface area contributed by atoms with E-state index in [1.807, 2.05) is 12.3 Å². The van der Waals surface area contributed by atoms with Gasteiger partial charge in [0.15, 0.2) is 0 Å². The molecule has 2 heterocycles. The molecule has 0 N–H and O–H groups in total. The highest BCUT2D eigenvalue weighted by Crippen LogP contribution is 2.09. The number of rotatable bonds is 3. The average molecular weight is 225 g/mol. The second kappa shape index (κ2) is 3.73. The normalized spacial score (nSPS) is 10.5. The van der Waals surface area contributed by atoms with Crippen LogP contribution in [0.25, 0.3) is 0 Å². The molecule has 0 aliphatic rings. The largest absolute Gasteiger partial charge is 0.490 e. The van der Waals surface area contributed by atoms with Crippen molar-refractivity contribution in [1.82, 2.24) is 19.7 Å². The molecule has 15 heavy (non-hydrogen) atoms. The van der Waals surface area contributed by atoms with Gasteiger partial charge in [-0.1, -0.05) is 4.98 Å². The minimum Gasteiger partial charge on any atom is -0.390 e. The van der Waals surface area contributed by atoms with E-state index >= 15 is 0 Å². The van der Waals surface area contributed by atoms with E-state index in [-0.39, 0.29) is 5.95 Å². The summed E-state index contributed by atoms with van der Waals surface area (Å²) in [7, 11) is 0. The lowest BCUT2D eigenvalue weighted by Gasteiger charge is -1.90. The van der Waals surface area contributed by atoms with Crippen LogP contribution in [0.4, 0.5) is 5.95 Å². The highest BCUT2D eigenvalue weighted by molar-refractivity contribution is 7.09. The van der Waals surface area contributed by atoms with Crippen LogP contribution in [0.5, 0.6) is 0 Å². The first-order chi connectivity index (χ1) is 7.15. The Bertz CT molecular complexity index is 491. The molecule has 0 atom stereocenters. The molecule has 0 saturated heterocycles. The summed E-state index contributed by atoms with van der Waals surface area (Å²) in [6, 6.07) is 0. The number of nitro groups is 1. The van der Waals surface area contributed by atoms with Crippen molar-refractivity contribution in [2.24, 2.45) is 0 Å². The molecule has 0 aromatic carbocycles. The Balaban J connectivity index is 2.14. The maximum Gasteiger partial charge on any atom is 0.490 e. The molecule has 0 amide bonds. The first kappa shape index (κ1) is 9.71. The summed E-state index contributed by atoms with van der Waals surface area (Å²) in [6.07, 6.45) is 1.33. The molecule has 0 fully saturated rings. The van der Waals surface area contributed by atoms with Crippen LogP contribution in [0, 0.1) is 17.0 Å². The van der Waals surface area contributed by atoms with Crippen molar-refractivity contribution in [2.75, 3.05) is 0 Å². The Hall–Kier alpha value is -1.83. The van der Waals surface area contributed by atoms with Gasteiger partial charge in [0.2, 0.25) is 6.33 Å². The van der Waals surface area contributed by atoms with E-state index in [2.05, 4.69) is 15.1 Å². The molecule has 0 radical (unpaired) electrons. The van der Waals surface area contributed by atoms with Crippen LogP contribution < -0.4 is 0 Å². The van der Waals surface area contributed by atoms with E-state index in [0.717, 1.165) is 10.7 Å². The lowest BCUT2D eigenvalue weighted by atomic mass is 10.5. The predicted octanol–water partition coefficient (Wildman–Crippen LogP) is 1.000. The third-order valence-electron chi connectivity index (χ3n) is 1.68. The Labute approximate surface area is 88.6 Å². The van der Waals surface area contributed by atoms with Crippen molar-refractivity contribution in [1.29, 1.82) is 0 Å². The van der Waals surface area contributed by atoms with Crippen LogP contribution in [0.2, 0.25) is 0 Å². The zero-order valence-electron chi connectivity index (χ0n) is 7.82. The fourth-order valence-corrected chi connectivity index (χ4v) is 1.70. The van der Waals surface area contributed by atoms with Gasteiger partial charge in [0.1, 0.15) is 6.54 Å². The lowest BCUT2D eigenvalue weighted by molar-refractivity contribution is -0.394. The van der Waals surface area contributed by atoms with Gasteiger partial charge in [-0.3, -0.25) is 0 Å². The van der Waals surface area contributed by atoms with Crippen molar-refractivity contribution in [3.8, 4) is 0 Å². The molecule has 0 aliphatic heterocycles. The van der Waals surface area contributed by atoms with Crippen LogP contribution in [0.15, 0.2) is 11.7 Å². The van der Waals surface area contributed by atoms with E-state index in [9.17, 15) is 10.1 Å². The Kier molecular flexibility index (Phi) is 2.42. The second-order valence-electron chi connectivity index (χ2n) is 2.86. The van der Waals surface area contributed by atoms with Crippen molar-refractivity contribution < 1.29 is 4.92 Å². The van der Waals surface area contributed by atoms with Gasteiger partial charge in [-0.15, -0.1) is 11.3 Å². The van der Waals surface area contributed by atoms with Gasteiger partial charge in [-0.2, -0.15) is 4.68 Å². The number of aromatic nitrogens is 4. The first-order valence-corrected chi connectivity index (χ1v) is 4.98. The lowest BCUT2D eigenvalue weighted by Crippen LogP contribution is -2.01. The van der Waals surface area contributed by atoms with Crippen LogP contribution in [-0.2, 0) is 6.54 Å². The monoisotopic (exact) mass is 225 g/mol. The molecule has 0 unspecified atom stereocenters. The summed E-state index contributed by atoms with van der Waals surface area (Å²) in [6.45, 7) is 2.31. The third-order valence-corrected chi connectivity index (χ3v) is 2.50. The van der Waals surface area contributed by atoms with Crippen LogP contribution in [0.3, 0.4) is 0 Å². The van der Waals surface area contributed by atoms with Crippen molar-refractivity contribution in [3.63, 3.8) is 0 Å². The van der Waals surface area contributed by atoms with Crippen molar-refractivity contribution in [3.05, 3.63) is 32.5 Å². The molecule has 0 saturated carbocycles. The number of nitrogens with zero attached hydrogens (tertiary/aromatic N) is 5. The molecule has 0 spiro atoms. The molecular formula is C7H7N5O2S. The van der Waals surface area contributed by atoms with Gasteiger partial charge >= 0.3 is 5.95 Å². The van der Waals surface area contributed by atoms with Crippen LogP contribution >= 0.6 is 11.3 Å². The number of aryl methyl sites for hydroxylation is 1. The van der Waals surface area contributed by atoms with Gasteiger partial charge in [0, 0.05) is 10.5 Å². The summed E-state index contributed by atoms with van der Waals surface area (Å²) >= 11 is 1.53. The Morgan fingerprint density at radius 1 is 1.67 bits per heavy atom. The minimum atomic E-state index is -0.622. The fourth-order valence-electron chi connectivity index (χ4n) is 1.09. The molecule has 2 aromatic heterocycles. The zero-order valence-corrected chi connectivity index (χ0v) is 8.64. The molecule has 2 aromatic rings. The van der Waals surface area contributed by atoms with E-state index in [1.165, 1.54) is 22.3 Å². The minimum absolute atomic E-state index is 0.387. The fraction of sp³-hybridized carbons (Fsp3) is 0.286. The predicted molar refractivity (Wildman–Crippen MR) is 52.6 cm³/mol. The Morgan fingerprint density at radius 3 is 3.00 bits per heavy atom. The Morgan fingerprint density at radius 2 is 2.47 bits per heavy atom. The van der Waals surface area contributed by atoms with Crippen LogP contribution in [-0.4, -0.2) is 24.7 Å². The molecule has 2 rings (SSSR count). The standard InChI is InChI=1S/C7H7N5O2S/c1-5-9-6(3-15-5)2-11-4-8-7(10-11)12(13)14/h3-4H,2H2,1H3.